The molecule has 0 aromatic carbocycles. The van der Waals surface area contributed by atoms with Crippen molar-refractivity contribution in [3.63, 3.8) is 0 Å². The molecule has 0 heterocycles. The smallest absolute Gasteiger partial charge is 0.306 e. The highest BCUT2D eigenvalue weighted by Crippen LogP contribution is 2.17. The van der Waals surface area contributed by atoms with Crippen molar-refractivity contribution in [2.45, 2.75) is 277 Å². The van der Waals surface area contributed by atoms with Gasteiger partial charge in [-0.15, -0.1) is 0 Å². The van der Waals surface area contributed by atoms with Gasteiger partial charge >= 0.3 is 5.97 Å². The molecule has 0 radical (unpaired) electrons. The summed E-state index contributed by atoms with van der Waals surface area (Å²) in [6.45, 7) is 6.36. The van der Waals surface area contributed by atoms with E-state index in [-0.39, 0.29) is 24.9 Å². The van der Waals surface area contributed by atoms with Crippen molar-refractivity contribution in [2.24, 2.45) is 0 Å². The van der Waals surface area contributed by atoms with Crippen molar-refractivity contribution in [1.29, 1.82) is 0 Å². The van der Waals surface area contributed by atoms with Gasteiger partial charge in [-0.1, -0.05) is 242 Å². The second kappa shape index (κ2) is 49.6. The minimum atomic E-state index is -0.802. The molecule has 0 saturated carbocycles. The molecule has 0 bridgehead atoms. The van der Waals surface area contributed by atoms with Crippen LogP contribution in [0.15, 0.2) is 60.8 Å². The number of esters is 1. The van der Waals surface area contributed by atoms with Gasteiger partial charge in [0, 0.05) is 6.42 Å². The fourth-order valence-corrected chi connectivity index (χ4v) is 7.87. The van der Waals surface area contributed by atoms with Gasteiger partial charge in [-0.25, -0.2) is 0 Å². The molecule has 3 atom stereocenters. The highest BCUT2D eigenvalue weighted by atomic mass is 16.5. The van der Waals surface area contributed by atoms with Gasteiger partial charge in [0.25, 0.3) is 0 Å². The molecule has 0 aromatic rings. The molecule has 0 aromatic heterocycles. The van der Waals surface area contributed by atoms with E-state index in [9.17, 15) is 19.8 Å². The molecule has 0 aliphatic carbocycles. The lowest BCUT2D eigenvalue weighted by Crippen LogP contribution is -2.46. The summed E-state index contributed by atoms with van der Waals surface area (Å²) in [5.74, 6) is -0.524. The standard InChI is InChI=1S/C56H101NO5/c1-4-7-10-13-16-19-22-24-26-27-29-30-33-35-38-41-44-47-52(62-56(61)49-46-43-40-37-34-31-28-25-23-20-17-14-11-8-5-2)50-55(60)57-53(51-58)54(59)48-45-42-39-36-32-21-18-15-12-9-6-3/h7,10,16,19,24,26,29-30,35,38,52-54,58-59H,4-6,8-9,11-15,17-18,20-23,25,27-28,31-34,36-37,39-51H2,1-3H3,(H,57,60)/b10-7-,19-16-,26-24-,30-29-,38-35-. The number of aliphatic hydroxyl groups excluding tert-OH is 2. The molecule has 0 aliphatic rings. The van der Waals surface area contributed by atoms with Crippen LogP contribution < -0.4 is 5.32 Å². The van der Waals surface area contributed by atoms with Crippen LogP contribution in [0.4, 0.5) is 0 Å². The summed E-state index contributed by atoms with van der Waals surface area (Å²) in [6.07, 6.45) is 61.4. The second-order valence-corrected chi connectivity index (χ2v) is 17.9. The Balaban J connectivity index is 4.68. The molecule has 0 spiro atoms. The van der Waals surface area contributed by atoms with Crippen molar-refractivity contribution in [1.82, 2.24) is 5.32 Å². The minimum Gasteiger partial charge on any atom is -0.462 e. The summed E-state index contributed by atoms with van der Waals surface area (Å²) in [7, 11) is 0. The lowest BCUT2D eigenvalue weighted by molar-refractivity contribution is -0.151. The average Bonchev–Trinajstić information content (AvgIpc) is 3.26. The quantitative estimate of drug-likeness (QED) is 0.0322. The number of hydrogen-bond donors (Lipinski definition) is 3. The maximum Gasteiger partial charge on any atom is 0.306 e. The van der Waals surface area contributed by atoms with E-state index in [1.54, 1.807) is 0 Å². The Bertz CT molecular complexity index is 1110. The van der Waals surface area contributed by atoms with Crippen LogP contribution in [0.25, 0.3) is 0 Å². The second-order valence-electron chi connectivity index (χ2n) is 17.9. The van der Waals surface area contributed by atoms with Gasteiger partial charge in [0.15, 0.2) is 0 Å². The Labute approximate surface area is 384 Å². The topological polar surface area (TPSA) is 95.9 Å². The summed E-state index contributed by atoms with van der Waals surface area (Å²) in [6, 6.07) is -0.719. The molecular weight excluding hydrogens is 767 g/mol. The van der Waals surface area contributed by atoms with E-state index in [2.05, 4.69) is 86.8 Å². The molecule has 360 valence electrons. The predicted molar refractivity (Wildman–Crippen MR) is 268 cm³/mol. The third kappa shape index (κ3) is 44.2. The summed E-state index contributed by atoms with van der Waals surface area (Å²) in [5.41, 5.74) is 0. The molecule has 6 heteroatoms. The van der Waals surface area contributed by atoms with Crippen LogP contribution in [-0.2, 0) is 14.3 Å². The highest BCUT2D eigenvalue weighted by Gasteiger charge is 2.24. The van der Waals surface area contributed by atoms with Gasteiger partial charge in [-0.2, -0.15) is 0 Å². The molecule has 0 saturated heterocycles. The Morgan fingerprint density at radius 3 is 1.29 bits per heavy atom. The number of nitrogens with one attached hydrogen (secondary N) is 1. The van der Waals surface area contributed by atoms with Crippen molar-refractivity contribution in [3.05, 3.63) is 60.8 Å². The van der Waals surface area contributed by atoms with E-state index in [0.717, 1.165) is 83.5 Å². The molecule has 0 fully saturated rings. The van der Waals surface area contributed by atoms with E-state index in [4.69, 9.17) is 4.74 Å². The van der Waals surface area contributed by atoms with Crippen LogP contribution in [0, 0.1) is 0 Å². The first kappa shape index (κ1) is 59.6. The van der Waals surface area contributed by atoms with Gasteiger partial charge in [-0.3, -0.25) is 9.59 Å². The maximum absolute atomic E-state index is 13.2. The largest absolute Gasteiger partial charge is 0.462 e. The van der Waals surface area contributed by atoms with Crippen LogP contribution in [-0.4, -0.2) is 46.9 Å². The van der Waals surface area contributed by atoms with Gasteiger partial charge in [-0.05, 0) is 64.2 Å². The van der Waals surface area contributed by atoms with Gasteiger partial charge in [0.05, 0.1) is 25.2 Å². The number of aliphatic hydroxyl groups is 2. The van der Waals surface area contributed by atoms with Gasteiger partial charge < -0.3 is 20.3 Å². The van der Waals surface area contributed by atoms with Crippen LogP contribution >= 0.6 is 0 Å². The average molecular weight is 868 g/mol. The van der Waals surface area contributed by atoms with E-state index in [1.165, 1.54) is 128 Å². The third-order valence-corrected chi connectivity index (χ3v) is 11.9. The first-order valence-electron chi connectivity index (χ1n) is 26.5. The van der Waals surface area contributed by atoms with E-state index >= 15 is 0 Å². The minimum absolute atomic E-state index is 0.0396. The number of hydrogen-bond acceptors (Lipinski definition) is 5. The van der Waals surface area contributed by atoms with Gasteiger partial charge in [0.1, 0.15) is 6.10 Å². The predicted octanol–water partition coefficient (Wildman–Crippen LogP) is 16.0. The Morgan fingerprint density at radius 1 is 0.484 bits per heavy atom. The molecule has 3 unspecified atom stereocenters. The monoisotopic (exact) mass is 868 g/mol. The van der Waals surface area contributed by atoms with Crippen LogP contribution in [0.5, 0.6) is 0 Å². The SMILES string of the molecule is CC/C=C\C/C=C\C/C=C\C/C=C\C/C=C\CCCC(CC(=O)NC(CO)C(O)CCCCCCCCCCCCC)OC(=O)CCCCCCCCCCCCCCCCC. The molecule has 3 N–H and O–H groups in total. The number of unbranched alkanes of at least 4 members (excludes halogenated alkanes) is 25. The number of allylic oxidation sites excluding steroid dienone is 10. The lowest BCUT2D eigenvalue weighted by atomic mass is 10.0. The van der Waals surface area contributed by atoms with Crippen LogP contribution in [0.2, 0.25) is 0 Å². The van der Waals surface area contributed by atoms with Crippen molar-refractivity contribution >= 4 is 11.9 Å². The van der Waals surface area contributed by atoms with Crippen LogP contribution in [0.1, 0.15) is 258 Å². The maximum atomic E-state index is 13.2. The van der Waals surface area contributed by atoms with Crippen molar-refractivity contribution in [2.75, 3.05) is 6.61 Å². The van der Waals surface area contributed by atoms with Gasteiger partial charge in [0.2, 0.25) is 5.91 Å². The molecular formula is C56H101NO5. The summed E-state index contributed by atoms with van der Waals surface area (Å²) < 4.78 is 5.92. The zero-order valence-electron chi connectivity index (χ0n) is 41.0. The lowest BCUT2D eigenvalue weighted by Gasteiger charge is -2.24. The fourth-order valence-electron chi connectivity index (χ4n) is 7.87. The van der Waals surface area contributed by atoms with Crippen molar-refractivity contribution < 1.29 is 24.5 Å². The number of carbonyl (C=O) groups is 2. The van der Waals surface area contributed by atoms with E-state index in [0.29, 0.717) is 19.3 Å². The Morgan fingerprint density at radius 2 is 0.871 bits per heavy atom. The Kier molecular flexibility index (Phi) is 47.6. The summed E-state index contributed by atoms with van der Waals surface area (Å²) >= 11 is 0. The molecule has 0 rings (SSSR count). The molecule has 1 amide bonds. The molecule has 62 heavy (non-hydrogen) atoms. The van der Waals surface area contributed by atoms with E-state index < -0.39 is 18.2 Å². The van der Waals surface area contributed by atoms with Crippen LogP contribution in [0.3, 0.4) is 0 Å². The molecule has 0 aliphatic heterocycles. The first-order chi connectivity index (χ1) is 30.5. The fraction of sp³-hybridized carbons (Fsp3) is 0.786. The summed E-state index contributed by atoms with van der Waals surface area (Å²) in [4.78, 5) is 26.2. The van der Waals surface area contributed by atoms with Crippen molar-refractivity contribution in [3.8, 4) is 0 Å². The zero-order valence-corrected chi connectivity index (χ0v) is 41.0. The molecule has 6 nitrogen and oxygen atoms in total. The zero-order chi connectivity index (χ0) is 45.2. The number of ether oxygens (including phenoxy) is 1. The third-order valence-electron chi connectivity index (χ3n) is 11.9. The summed E-state index contributed by atoms with van der Waals surface area (Å²) in [5, 5.41) is 23.7. The number of amides is 1. The number of carbonyl (C=O) groups excluding carboxylic acids is 2. The Hall–Kier alpha value is -2.44. The highest BCUT2D eigenvalue weighted by molar-refractivity contribution is 5.77. The first-order valence-corrected chi connectivity index (χ1v) is 26.5. The number of rotatable bonds is 47. The van der Waals surface area contributed by atoms with E-state index in [1.807, 2.05) is 0 Å². The normalized spacial score (nSPS) is 13.7.